The molecule has 0 fully saturated rings. The maximum Gasteiger partial charge on any atom is 0.303 e. The number of hydrogen-bond acceptors (Lipinski definition) is 3. The van der Waals surface area contributed by atoms with Crippen molar-refractivity contribution in [3.8, 4) is 5.75 Å². The van der Waals surface area contributed by atoms with Crippen molar-refractivity contribution in [2.75, 3.05) is 18.5 Å². The molecule has 1 aliphatic rings. The predicted molar refractivity (Wildman–Crippen MR) is 94.8 cm³/mol. The first-order valence-electron chi connectivity index (χ1n) is 8.49. The average Bonchev–Trinajstić information content (AvgIpc) is 2.97. The molecule has 2 aromatic carbocycles. The summed E-state index contributed by atoms with van der Waals surface area (Å²) in [7, 11) is 0. The molecule has 3 rings (SSSR count). The lowest BCUT2D eigenvalue weighted by atomic mass is 9.98. The molecule has 2 N–H and O–H groups in total. The minimum Gasteiger partial charge on any atom is -0.494 e. The Morgan fingerprint density at radius 1 is 1.21 bits per heavy atom. The highest BCUT2D eigenvalue weighted by molar-refractivity contribution is 5.68. The van der Waals surface area contributed by atoms with Crippen LogP contribution in [0.15, 0.2) is 48.5 Å². The summed E-state index contributed by atoms with van der Waals surface area (Å²) in [4.78, 5) is 10.9. The van der Waals surface area contributed by atoms with Crippen molar-refractivity contribution >= 4 is 11.7 Å². The number of anilines is 1. The van der Waals surface area contributed by atoms with Crippen LogP contribution in [-0.2, 0) is 11.2 Å². The van der Waals surface area contributed by atoms with E-state index in [1.807, 2.05) is 30.3 Å². The van der Waals surface area contributed by atoms with Crippen LogP contribution in [0, 0.1) is 0 Å². The highest BCUT2D eigenvalue weighted by Gasteiger charge is 2.24. The van der Waals surface area contributed by atoms with Gasteiger partial charge in [0.05, 0.1) is 13.0 Å². The van der Waals surface area contributed by atoms with Gasteiger partial charge in [-0.05, 0) is 60.6 Å². The Bertz CT molecular complexity index is 685. The van der Waals surface area contributed by atoms with E-state index in [1.54, 1.807) is 0 Å². The van der Waals surface area contributed by atoms with Gasteiger partial charge in [-0.2, -0.15) is 0 Å². The van der Waals surface area contributed by atoms with Crippen LogP contribution in [0.5, 0.6) is 5.75 Å². The van der Waals surface area contributed by atoms with Gasteiger partial charge in [0.2, 0.25) is 0 Å². The third kappa shape index (κ3) is 4.28. The average molecular weight is 325 g/mol. The Balaban J connectivity index is 1.44. The molecule has 0 aliphatic heterocycles. The van der Waals surface area contributed by atoms with Crippen LogP contribution in [-0.4, -0.2) is 24.2 Å². The Labute approximate surface area is 142 Å². The molecule has 1 aliphatic carbocycles. The summed E-state index contributed by atoms with van der Waals surface area (Å²) in [5, 5.41) is 12.3. The molecule has 4 nitrogen and oxygen atoms in total. The molecule has 0 bridgehead atoms. The van der Waals surface area contributed by atoms with Crippen LogP contribution in [0.25, 0.3) is 0 Å². The zero-order valence-electron chi connectivity index (χ0n) is 13.7. The third-order valence-electron chi connectivity index (χ3n) is 4.43. The fraction of sp³-hybridized carbons (Fsp3) is 0.350. The fourth-order valence-corrected chi connectivity index (χ4v) is 3.25. The zero-order valence-corrected chi connectivity index (χ0v) is 13.7. The second-order valence-corrected chi connectivity index (χ2v) is 6.19. The van der Waals surface area contributed by atoms with E-state index in [4.69, 9.17) is 9.84 Å². The van der Waals surface area contributed by atoms with Crippen molar-refractivity contribution in [1.82, 2.24) is 0 Å². The molecule has 24 heavy (non-hydrogen) atoms. The first kappa shape index (κ1) is 16.4. The second-order valence-electron chi connectivity index (χ2n) is 6.19. The zero-order chi connectivity index (χ0) is 16.8. The van der Waals surface area contributed by atoms with Gasteiger partial charge >= 0.3 is 5.97 Å². The topological polar surface area (TPSA) is 58.6 Å². The minimum atomic E-state index is -0.723. The smallest absolute Gasteiger partial charge is 0.303 e. The number of hydrogen-bond donors (Lipinski definition) is 2. The number of carbonyl (C=O) groups is 1. The summed E-state index contributed by atoms with van der Waals surface area (Å²) in [6.45, 7) is 1.53. The summed E-state index contributed by atoms with van der Waals surface area (Å²) in [5.41, 5.74) is 3.54. The van der Waals surface area contributed by atoms with Gasteiger partial charge in [0.25, 0.3) is 0 Å². The normalized spacial score (nSPS) is 15.8. The maximum absolute atomic E-state index is 10.9. The SMILES string of the molecule is O=C(O)C[C@@H]1CCc2cc(OCCCNc3ccccc3)ccc21. The molecular weight excluding hydrogens is 302 g/mol. The van der Waals surface area contributed by atoms with Crippen molar-refractivity contribution in [2.24, 2.45) is 0 Å². The third-order valence-corrected chi connectivity index (χ3v) is 4.43. The quantitative estimate of drug-likeness (QED) is 0.718. The number of carboxylic acids is 1. The van der Waals surface area contributed by atoms with E-state index in [2.05, 4.69) is 23.5 Å². The molecule has 4 heteroatoms. The number of benzene rings is 2. The molecule has 126 valence electrons. The van der Waals surface area contributed by atoms with Gasteiger partial charge in [0, 0.05) is 12.2 Å². The number of para-hydroxylation sites is 1. The maximum atomic E-state index is 10.9. The fourth-order valence-electron chi connectivity index (χ4n) is 3.25. The van der Waals surface area contributed by atoms with Crippen molar-refractivity contribution in [2.45, 2.75) is 31.6 Å². The standard InChI is InChI=1S/C20H23NO3/c22-20(23)14-16-8-7-15-13-18(9-10-19(15)16)24-12-4-11-21-17-5-2-1-3-6-17/h1-3,5-6,9-10,13,16,21H,4,7-8,11-12,14H2,(H,22,23)/t16-/m0/s1. The largest absolute Gasteiger partial charge is 0.494 e. The molecule has 0 saturated carbocycles. The number of aryl methyl sites for hydroxylation is 1. The van der Waals surface area contributed by atoms with Crippen LogP contribution in [0.4, 0.5) is 5.69 Å². The molecule has 0 aromatic heterocycles. The molecule has 0 amide bonds. The Hall–Kier alpha value is -2.49. The highest BCUT2D eigenvalue weighted by atomic mass is 16.5. The van der Waals surface area contributed by atoms with E-state index in [1.165, 1.54) is 11.1 Å². The summed E-state index contributed by atoms with van der Waals surface area (Å²) in [6, 6.07) is 16.2. The van der Waals surface area contributed by atoms with Crippen LogP contribution in [0.1, 0.15) is 36.3 Å². The van der Waals surface area contributed by atoms with E-state index < -0.39 is 5.97 Å². The van der Waals surface area contributed by atoms with Crippen molar-refractivity contribution in [1.29, 1.82) is 0 Å². The van der Waals surface area contributed by atoms with Crippen LogP contribution in [0.3, 0.4) is 0 Å². The van der Waals surface area contributed by atoms with Crippen LogP contribution < -0.4 is 10.1 Å². The summed E-state index contributed by atoms with van der Waals surface area (Å²) >= 11 is 0. The van der Waals surface area contributed by atoms with Gasteiger partial charge in [-0.15, -0.1) is 0 Å². The van der Waals surface area contributed by atoms with Gasteiger partial charge in [0.1, 0.15) is 5.75 Å². The molecule has 2 aromatic rings. The van der Waals surface area contributed by atoms with Crippen molar-refractivity contribution in [3.05, 3.63) is 59.7 Å². The summed E-state index contributed by atoms with van der Waals surface area (Å²) in [6.07, 6.45) is 3.01. The van der Waals surface area contributed by atoms with Gasteiger partial charge in [-0.1, -0.05) is 24.3 Å². The number of aliphatic carboxylic acids is 1. The van der Waals surface area contributed by atoms with Crippen molar-refractivity contribution < 1.29 is 14.6 Å². The molecule has 1 atom stereocenters. The van der Waals surface area contributed by atoms with Gasteiger partial charge < -0.3 is 15.2 Å². The highest BCUT2D eigenvalue weighted by Crippen LogP contribution is 2.37. The number of carboxylic acid groups (broad SMARTS) is 1. The Morgan fingerprint density at radius 2 is 2.04 bits per heavy atom. The number of ether oxygens (including phenoxy) is 1. The molecule has 0 heterocycles. The van der Waals surface area contributed by atoms with Gasteiger partial charge in [0.15, 0.2) is 0 Å². The van der Waals surface area contributed by atoms with Gasteiger partial charge in [-0.3, -0.25) is 4.79 Å². The lowest BCUT2D eigenvalue weighted by Gasteiger charge is -2.11. The molecule has 0 saturated heterocycles. The van der Waals surface area contributed by atoms with E-state index in [0.29, 0.717) is 6.61 Å². The minimum absolute atomic E-state index is 0.154. The lowest BCUT2D eigenvalue weighted by molar-refractivity contribution is -0.137. The second kappa shape index (κ2) is 7.86. The predicted octanol–water partition coefficient (Wildman–Crippen LogP) is 4.07. The molecule has 0 unspecified atom stereocenters. The monoisotopic (exact) mass is 325 g/mol. The lowest BCUT2D eigenvalue weighted by Crippen LogP contribution is -2.07. The summed E-state index contributed by atoms with van der Waals surface area (Å²) < 4.78 is 5.83. The number of fused-ring (bicyclic) bond motifs is 1. The van der Waals surface area contributed by atoms with E-state index >= 15 is 0 Å². The van der Waals surface area contributed by atoms with Crippen LogP contribution in [0.2, 0.25) is 0 Å². The Morgan fingerprint density at radius 3 is 2.83 bits per heavy atom. The first-order valence-corrected chi connectivity index (χ1v) is 8.49. The number of nitrogens with one attached hydrogen (secondary N) is 1. The molecular formula is C20H23NO3. The first-order chi connectivity index (χ1) is 11.7. The summed E-state index contributed by atoms with van der Waals surface area (Å²) in [5.74, 6) is 0.310. The van der Waals surface area contributed by atoms with E-state index in [9.17, 15) is 4.79 Å². The molecule has 0 spiro atoms. The van der Waals surface area contributed by atoms with Crippen LogP contribution >= 0.6 is 0 Å². The van der Waals surface area contributed by atoms with Gasteiger partial charge in [-0.25, -0.2) is 0 Å². The Kier molecular flexibility index (Phi) is 5.36. The number of rotatable bonds is 8. The molecule has 0 radical (unpaired) electrons. The van der Waals surface area contributed by atoms with Crippen molar-refractivity contribution in [3.63, 3.8) is 0 Å². The van der Waals surface area contributed by atoms with E-state index in [-0.39, 0.29) is 12.3 Å². The van der Waals surface area contributed by atoms with E-state index in [0.717, 1.165) is 37.2 Å².